The first-order chi connectivity index (χ1) is 10.0. The van der Waals surface area contributed by atoms with Gasteiger partial charge >= 0.3 is 0 Å². The van der Waals surface area contributed by atoms with E-state index in [-0.39, 0.29) is 0 Å². The van der Waals surface area contributed by atoms with Gasteiger partial charge in [0.1, 0.15) is 5.75 Å². The van der Waals surface area contributed by atoms with Crippen molar-refractivity contribution in [3.8, 4) is 5.75 Å². The fraction of sp³-hybridized carbons (Fsp3) is 0.333. The van der Waals surface area contributed by atoms with Gasteiger partial charge in [-0.25, -0.2) is 0 Å². The van der Waals surface area contributed by atoms with Crippen LogP contribution in [0, 0.1) is 0 Å². The second-order valence-corrected chi connectivity index (χ2v) is 11.7. The van der Waals surface area contributed by atoms with E-state index in [0.29, 0.717) is 5.67 Å². The van der Waals surface area contributed by atoms with E-state index >= 15 is 0 Å². The number of hydrogen-bond donors (Lipinski definition) is 1. The minimum absolute atomic E-state index is 0.434. The topological polar surface area (TPSA) is 21.3 Å². The lowest BCUT2D eigenvalue weighted by Gasteiger charge is -2.30. The third kappa shape index (κ3) is 4.44. The van der Waals surface area contributed by atoms with E-state index < -0.39 is 8.07 Å². The molecule has 3 heteroatoms. The molecule has 0 aliphatic rings. The summed E-state index contributed by atoms with van der Waals surface area (Å²) in [7, 11) is 0.346. The summed E-state index contributed by atoms with van der Waals surface area (Å²) in [6.45, 7) is 8.11. The van der Waals surface area contributed by atoms with Gasteiger partial charge in [0.05, 0.1) is 15.2 Å². The molecule has 0 amide bonds. The second kappa shape index (κ2) is 6.92. The van der Waals surface area contributed by atoms with Crippen molar-refractivity contribution in [2.75, 3.05) is 7.11 Å². The predicted octanol–water partition coefficient (Wildman–Crippen LogP) is 4.40. The van der Waals surface area contributed by atoms with E-state index in [2.05, 4.69) is 67.4 Å². The Hall–Kier alpha value is -1.58. The van der Waals surface area contributed by atoms with E-state index in [0.717, 1.165) is 12.3 Å². The molecule has 0 saturated carbocycles. The molecular weight excluding hydrogens is 274 g/mol. The number of nitrogens with one attached hydrogen (secondary N) is 1. The highest BCUT2D eigenvalue weighted by Gasteiger charge is 2.27. The van der Waals surface area contributed by atoms with Crippen molar-refractivity contribution in [1.29, 1.82) is 0 Å². The van der Waals surface area contributed by atoms with Crippen molar-refractivity contribution in [3.05, 3.63) is 65.7 Å². The smallest absolute Gasteiger partial charge is 0.118 e. The Balaban J connectivity index is 2.14. The monoisotopic (exact) mass is 299 g/mol. The van der Waals surface area contributed by atoms with Crippen molar-refractivity contribution in [1.82, 2.24) is 5.32 Å². The van der Waals surface area contributed by atoms with Crippen molar-refractivity contribution in [3.63, 3.8) is 0 Å². The standard InChI is InChI=1S/C18H25NOSi/c1-20-17-12-10-16(11-13-17)18(21(2,3)4)19-14-15-8-6-5-7-9-15/h5-13,18-19H,14H2,1-4H3. The molecule has 2 nitrogen and oxygen atoms in total. The molecule has 0 aromatic heterocycles. The molecule has 2 rings (SSSR count). The fourth-order valence-electron chi connectivity index (χ4n) is 2.54. The zero-order valence-electron chi connectivity index (χ0n) is 13.4. The van der Waals surface area contributed by atoms with E-state index in [1.165, 1.54) is 11.1 Å². The normalized spacial score (nSPS) is 13.0. The highest BCUT2D eigenvalue weighted by Crippen LogP contribution is 2.26. The number of benzene rings is 2. The summed E-state index contributed by atoms with van der Waals surface area (Å²) in [5.74, 6) is 0.913. The molecule has 21 heavy (non-hydrogen) atoms. The average Bonchev–Trinajstić information content (AvgIpc) is 2.48. The summed E-state index contributed by atoms with van der Waals surface area (Å²) < 4.78 is 5.25. The quantitative estimate of drug-likeness (QED) is 0.798. The maximum atomic E-state index is 5.25. The lowest BCUT2D eigenvalue weighted by Crippen LogP contribution is -2.40. The first-order valence-electron chi connectivity index (χ1n) is 7.42. The van der Waals surface area contributed by atoms with Crippen molar-refractivity contribution < 1.29 is 4.74 Å². The Morgan fingerprint density at radius 2 is 1.57 bits per heavy atom. The van der Waals surface area contributed by atoms with Crippen LogP contribution in [0.15, 0.2) is 54.6 Å². The minimum Gasteiger partial charge on any atom is -0.497 e. The highest BCUT2D eigenvalue weighted by molar-refractivity contribution is 6.77. The lowest BCUT2D eigenvalue weighted by molar-refractivity contribution is 0.414. The third-order valence-electron chi connectivity index (χ3n) is 3.67. The van der Waals surface area contributed by atoms with Gasteiger partial charge in [-0.2, -0.15) is 0 Å². The van der Waals surface area contributed by atoms with Crippen LogP contribution in [0.1, 0.15) is 16.8 Å². The van der Waals surface area contributed by atoms with Crippen LogP contribution in [0.3, 0.4) is 0 Å². The van der Waals surface area contributed by atoms with Crippen molar-refractivity contribution in [2.45, 2.75) is 31.9 Å². The van der Waals surface area contributed by atoms with Gasteiger partial charge in [0.25, 0.3) is 0 Å². The Bertz CT molecular complexity index is 546. The van der Waals surface area contributed by atoms with Gasteiger partial charge in [-0.3, -0.25) is 0 Å². The zero-order chi connectivity index (χ0) is 15.3. The van der Waals surface area contributed by atoms with E-state index in [9.17, 15) is 0 Å². The van der Waals surface area contributed by atoms with Crippen LogP contribution in [0.4, 0.5) is 0 Å². The molecule has 0 saturated heterocycles. The van der Waals surface area contributed by atoms with Gasteiger partial charge in [-0.05, 0) is 23.3 Å². The molecule has 0 heterocycles. The molecule has 2 aromatic rings. The molecule has 0 radical (unpaired) electrons. The molecule has 112 valence electrons. The first-order valence-corrected chi connectivity index (χ1v) is 11.0. The zero-order valence-corrected chi connectivity index (χ0v) is 14.4. The molecule has 1 unspecified atom stereocenters. The first kappa shape index (κ1) is 15.8. The van der Waals surface area contributed by atoms with E-state index in [1.54, 1.807) is 7.11 Å². The Labute approximate surface area is 129 Å². The summed E-state index contributed by atoms with van der Waals surface area (Å²) >= 11 is 0. The van der Waals surface area contributed by atoms with Gasteiger partial charge in [0, 0.05) is 12.2 Å². The summed E-state index contributed by atoms with van der Waals surface area (Å²) in [6.07, 6.45) is 0. The highest BCUT2D eigenvalue weighted by atomic mass is 28.3. The average molecular weight is 299 g/mol. The number of methoxy groups -OCH3 is 1. The Kier molecular flexibility index (Phi) is 5.20. The Morgan fingerprint density at radius 3 is 2.10 bits per heavy atom. The molecule has 0 spiro atoms. The van der Waals surface area contributed by atoms with Gasteiger partial charge < -0.3 is 10.1 Å². The van der Waals surface area contributed by atoms with E-state index in [1.807, 2.05) is 12.1 Å². The summed E-state index contributed by atoms with van der Waals surface area (Å²) in [4.78, 5) is 0. The molecule has 1 atom stereocenters. The van der Waals surface area contributed by atoms with Gasteiger partial charge in [-0.1, -0.05) is 62.1 Å². The molecule has 1 N–H and O–H groups in total. The van der Waals surface area contributed by atoms with Crippen LogP contribution in [0.25, 0.3) is 0 Å². The largest absolute Gasteiger partial charge is 0.497 e. The van der Waals surface area contributed by atoms with Crippen LogP contribution in [-0.2, 0) is 6.54 Å². The summed E-state index contributed by atoms with van der Waals surface area (Å²) in [6, 6.07) is 19.0. The maximum Gasteiger partial charge on any atom is 0.118 e. The maximum absolute atomic E-state index is 5.25. The molecular formula is C18H25NOSi. The van der Waals surface area contributed by atoms with Crippen molar-refractivity contribution >= 4 is 8.07 Å². The molecule has 2 aromatic carbocycles. The summed E-state index contributed by atoms with van der Waals surface area (Å²) in [5.41, 5.74) is 3.11. The molecule has 0 aliphatic heterocycles. The molecule has 0 aliphatic carbocycles. The fourth-order valence-corrected chi connectivity index (χ4v) is 4.44. The van der Waals surface area contributed by atoms with Crippen LogP contribution < -0.4 is 10.1 Å². The van der Waals surface area contributed by atoms with E-state index in [4.69, 9.17) is 4.74 Å². The number of rotatable bonds is 6. The van der Waals surface area contributed by atoms with Gasteiger partial charge in [0.2, 0.25) is 0 Å². The lowest BCUT2D eigenvalue weighted by atomic mass is 10.2. The summed E-state index contributed by atoms with van der Waals surface area (Å²) in [5, 5.41) is 3.75. The van der Waals surface area contributed by atoms with Crippen LogP contribution >= 0.6 is 0 Å². The molecule has 0 fully saturated rings. The van der Waals surface area contributed by atoms with Gasteiger partial charge in [0.15, 0.2) is 0 Å². The number of ether oxygens (including phenoxy) is 1. The second-order valence-electron chi connectivity index (χ2n) is 6.44. The van der Waals surface area contributed by atoms with Crippen LogP contribution in [0.2, 0.25) is 19.6 Å². The predicted molar refractivity (Wildman–Crippen MR) is 92.4 cm³/mol. The SMILES string of the molecule is COc1ccc(C(NCc2ccccc2)[Si](C)(C)C)cc1. The van der Waals surface area contributed by atoms with Crippen LogP contribution in [-0.4, -0.2) is 15.2 Å². The molecule has 0 bridgehead atoms. The van der Waals surface area contributed by atoms with Crippen LogP contribution in [0.5, 0.6) is 5.75 Å². The minimum atomic E-state index is -1.36. The Morgan fingerprint density at radius 1 is 0.952 bits per heavy atom. The van der Waals surface area contributed by atoms with Gasteiger partial charge in [-0.15, -0.1) is 0 Å². The number of hydrogen-bond acceptors (Lipinski definition) is 2. The van der Waals surface area contributed by atoms with Crippen molar-refractivity contribution in [2.24, 2.45) is 0 Å². The third-order valence-corrected chi connectivity index (χ3v) is 5.94.